The van der Waals surface area contributed by atoms with Crippen molar-refractivity contribution < 1.29 is 23.8 Å². The summed E-state index contributed by atoms with van der Waals surface area (Å²) in [4.78, 5) is 25.6. The lowest BCUT2D eigenvalue weighted by molar-refractivity contribution is -0.0881. The van der Waals surface area contributed by atoms with Crippen molar-refractivity contribution in [1.82, 2.24) is 10.0 Å². The third kappa shape index (κ3) is 3.31. The average molecular weight is 515 g/mol. The van der Waals surface area contributed by atoms with Gasteiger partial charge in [-0.05, 0) is 19.3 Å². The van der Waals surface area contributed by atoms with E-state index in [2.05, 4.69) is 0 Å². The lowest BCUT2D eigenvalue weighted by Gasteiger charge is -2.50. The van der Waals surface area contributed by atoms with Crippen molar-refractivity contribution in [3.8, 4) is 0 Å². The van der Waals surface area contributed by atoms with Crippen molar-refractivity contribution in [2.75, 3.05) is 13.2 Å². The topological polar surface area (TPSA) is 71.6 Å². The molecule has 0 spiro atoms. The Balaban J connectivity index is 1.61. The zero-order valence-corrected chi connectivity index (χ0v) is 18.6. The van der Waals surface area contributed by atoms with Gasteiger partial charge in [0.25, 0.3) is 0 Å². The fraction of sp³-hybridized carbons (Fsp3) is 0.733. The zero-order valence-electron chi connectivity index (χ0n) is 14.0. The second-order valence-electron chi connectivity index (χ2n) is 7.04. The van der Waals surface area contributed by atoms with Crippen LogP contribution in [0, 0.1) is 0 Å². The maximum Gasteiger partial charge on any atom is 0.429 e. The monoisotopic (exact) mass is 512 g/mol. The minimum atomic E-state index is -1.80. The van der Waals surface area contributed by atoms with Crippen LogP contribution in [0.4, 0.5) is 9.59 Å². The minimum Gasteiger partial charge on any atom is -0.444 e. The van der Waals surface area contributed by atoms with E-state index in [4.69, 9.17) is 83.8 Å². The Morgan fingerprint density at radius 2 is 1.29 bits per heavy atom. The van der Waals surface area contributed by atoms with Crippen molar-refractivity contribution in [3.05, 3.63) is 12.2 Å². The molecule has 28 heavy (non-hydrogen) atoms. The molecule has 0 aromatic heterocycles. The van der Waals surface area contributed by atoms with Crippen molar-refractivity contribution in [2.45, 2.75) is 50.1 Å². The number of amides is 2. The van der Waals surface area contributed by atoms with E-state index >= 15 is 0 Å². The number of hydrogen-bond donors (Lipinski definition) is 0. The summed E-state index contributed by atoms with van der Waals surface area (Å²) < 4.78 is 12.7. The largest absolute Gasteiger partial charge is 0.444 e. The van der Waals surface area contributed by atoms with Crippen molar-refractivity contribution in [1.29, 1.82) is 0 Å². The van der Waals surface area contributed by atoms with E-state index in [0.717, 1.165) is 29.3 Å². The van der Waals surface area contributed by atoms with E-state index in [-0.39, 0.29) is 0 Å². The van der Waals surface area contributed by atoms with Gasteiger partial charge in [0.05, 0.1) is 0 Å². The van der Waals surface area contributed by atoms with Crippen LogP contribution in [0.1, 0.15) is 19.3 Å². The molecule has 1 saturated carbocycles. The molecule has 5 rings (SSSR count). The molecule has 5 aliphatic rings. The van der Waals surface area contributed by atoms with Gasteiger partial charge in [-0.2, -0.15) is 0 Å². The maximum atomic E-state index is 12.8. The van der Waals surface area contributed by atoms with Crippen LogP contribution in [0.2, 0.25) is 0 Å². The summed E-state index contributed by atoms with van der Waals surface area (Å²) in [6.07, 6.45) is 4.30. The van der Waals surface area contributed by atoms with Crippen LogP contribution >= 0.6 is 69.6 Å². The van der Waals surface area contributed by atoms with E-state index in [1.54, 1.807) is 0 Å². The molecule has 0 N–H and O–H groups in total. The number of carbonyl (C=O) groups excluding carboxylic acids is 2. The Bertz CT molecular complexity index is 681. The number of alkyl halides is 6. The molecule has 0 aromatic rings. The molecule has 13 heteroatoms. The van der Waals surface area contributed by atoms with Crippen LogP contribution in [0.5, 0.6) is 0 Å². The van der Waals surface area contributed by atoms with Crippen LogP contribution in [0.15, 0.2) is 12.2 Å². The van der Waals surface area contributed by atoms with Crippen molar-refractivity contribution >= 4 is 81.8 Å². The van der Waals surface area contributed by atoms with Gasteiger partial charge in [-0.15, -0.1) is 0 Å². The van der Waals surface area contributed by atoms with Gasteiger partial charge in [0.15, 0.2) is 0 Å². The van der Waals surface area contributed by atoms with Crippen LogP contribution in [-0.4, -0.2) is 66.3 Å². The standard InChI is InChI=1S/C15H14Cl6N2O5/c16-14(17,18)6-26-10(24)22-8-2-3-9(13-5-1-4-12(8,13)28-13)23(22)11(25)27-7-15(19,20)21/h2-3,8-9H,1,4-7H2/t8-,9-,12+,13+/m0/s1. The summed E-state index contributed by atoms with van der Waals surface area (Å²) in [6, 6.07) is -1.13. The highest BCUT2D eigenvalue weighted by atomic mass is 35.6. The number of hydrogen-bond acceptors (Lipinski definition) is 5. The number of ether oxygens (including phenoxy) is 3. The molecule has 7 nitrogen and oxygen atoms in total. The van der Waals surface area contributed by atoms with Gasteiger partial charge < -0.3 is 14.2 Å². The molecule has 4 atom stereocenters. The molecular weight excluding hydrogens is 501 g/mol. The highest BCUT2D eigenvalue weighted by Crippen LogP contribution is 2.69. The van der Waals surface area contributed by atoms with Crippen LogP contribution < -0.4 is 0 Å². The van der Waals surface area contributed by atoms with E-state index in [1.165, 1.54) is 0 Å². The molecular formula is C15H14Cl6N2O5. The fourth-order valence-corrected chi connectivity index (χ4v) is 4.85. The third-order valence-electron chi connectivity index (χ3n) is 5.42. The highest BCUT2D eigenvalue weighted by molar-refractivity contribution is 6.68. The molecule has 0 radical (unpaired) electrons. The van der Waals surface area contributed by atoms with Gasteiger partial charge in [0, 0.05) is 0 Å². The SMILES string of the molecule is O=C(OCC(Cl)(Cl)Cl)N1[C@H]2C=C[C@H](N1C(=O)OCC(Cl)(Cl)Cl)[C@]13CCC[C@@]21O3. The van der Waals surface area contributed by atoms with Crippen molar-refractivity contribution in [3.63, 3.8) is 0 Å². The van der Waals surface area contributed by atoms with Gasteiger partial charge in [-0.1, -0.05) is 81.8 Å². The van der Waals surface area contributed by atoms with Gasteiger partial charge in [0.1, 0.15) is 36.5 Å². The van der Waals surface area contributed by atoms with E-state index in [0.29, 0.717) is 0 Å². The first-order chi connectivity index (χ1) is 12.9. The minimum absolute atomic E-state index is 0.496. The second-order valence-corrected chi connectivity index (χ2v) is 12.1. The van der Waals surface area contributed by atoms with E-state index in [1.807, 2.05) is 12.2 Å². The molecule has 0 unspecified atom stereocenters. The number of carbonyl (C=O) groups is 2. The number of fused-ring (bicyclic) bond motifs is 1. The molecule has 2 bridgehead atoms. The lowest BCUT2D eigenvalue weighted by atomic mass is 9.76. The first-order valence-electron chi connectivity index (χ1n) is 8.34. The Kier molecular flexibility index (Phi) is 5.11. The number of halogens is 6. The highest BCUT2D eigenvalue weighted by Gasteiger charge is 2.85. The fourth-order valence-electron chi connectivity index (χ4n) is 4.53. The van der Waals surface area contributed by atoms with Gasteiger partial charge >= 0.3 is 12.2 Å². The molecule has 3 aliphatic heterocycles. The average Bonchev–Trinajstić information content (AvgIpc) is 3.14. The molecule has 3 heterocycles. The predicted molar refractivity (Wildman–Crippen MR) is 104 cm³/mol. The normalized spacial score (nSPS) is 35.5. The zero-order chi connectivity index (χ0) is 20.5. The maximum absolute atomic E-state index is 12.8. The van der Waals surface area contributed by atoms with Crippen LogP contribution in [-0.2, 0) is 14.2 Å². The number of nitrogens with zero attached hydrogens (tertiary/aromatic N) is 2. The van der Waals surface area contributed by atoms with Gasteiger partial charge in [-0.25, -0.2) is 19.6 Å². The molecule has 156 valence electrons. The molecule has 0 aromatic carbocycles. The van der Waals surface area contributed by atoms with Gasteiger partial charge in [0.2, 0.25) is 7.59 Å². The second kappa shape index (κ2) is 6.74. The Morgan fingerprint density at radius 1 is 0.893 bits per heavy atom. The smallest absolute Gasteiger partial charge is 0.429 e. The first-order valence-corrected chi connectivity index (χ1v) is 10.6. The summed E-state index contributed by atoms with van der Waals surface area (Å²) in [5.74, 6) is 0. The Hall–Kier alpha value is -0.0200. The summed E-state index contributed by atoms with van der Waals surface area (Å²) >= 11 is 34.0. The number of epoxide rings is 1. The predicted octanol–water partition coefficient (Wildman–Crippen LogP) is 4.53. The summed E-state index contributed by atoms with van der Waals surface area (Å²) in [5, 5.41) is 2.27. The quantitative estimate of drug-likeness (QED) is 0.307. The summed E-state index contributed by atoms with van der Waals surface area (Å²) in [5.41, 5.74) is -1.12. The number of rotatable bonds is 2. The van der Waals surface area contributed by atoms with Gasteiger partial charge in [-0.3, -0.25) is 0 Å². The molecule has 2 saturated heterocycles. The summed E-state index contributed by atoms with van der Waals surface area (Å²) in [6.45, 7) is -0.992. The summed E-state index contributed by atoms with van der Waals surface area (Å²) in [7, 11) is 0. The molecule has 2 aliphatic carbocycles. The first kappa shape index (κ1) is 21.2. The third-order valence-corrected chi connectivity index (χ3v) is 6.07. The van der Waals surface area contributed by atoms with E-state index in [9.17, 15) is 9.59 Å². The number of hydrazine groups is 1. The lowest BCUT2D eigenvalue weighted by Crippen LogP contribution is -2.71. The van der Waals surface area contributed by atoms with Crippen molar-refractivity contribution in [2.24, 2.45) is 0 Å². The van der Waals surface area contributed by atoms with Crippen LogP contribution in [0.25, 0.3) is 0 Å². The van der Waals surface area contributed by atoms with Crippen LogP contribution in [0.3, 0.4) is 0 Å². The molecule has 3 fully saturated rings. The molecule has 2 amide bonds. The Labute approximate surface area is 190 Å². The Morgan fingerprint density at radius 3 is 1.64 bits per heavy atom. The van der Waals surface area contributed by atoms with E-state index < -0.39 is 56.3 Å².